The van der Waals surface area contributed by atoms with Crippen LogP contribution in [0.3, 0.4) is 0 Å². The number of rotatable bonds is 15. The average Bonchev–Trinajstić information content (AvgIpc) is 4.34. The zero-order valence-corrected chi connectivity index (χ0v) is 48.9. The third kappa shape index (κ3) is 11.1. The van der Waals surface area contributed by atoms with E-state index >= 15 is 4.39 Å². The van der Waals surface area contributed by atoms with E-state index in [1.807, 2.05) is 80.6 Å². The maximum Gasteiger partial charge on any atom is 0.409 e. The predicted octanol–water partition coefficient (Wildman–Crippen LogP) is 10.2. The number of fused-ring (bicyclic) bond motifs is 3. The van der Waals surface area contributed by atoms with Gasteiger partial charge in [-0.15, -0.1) is 11.3 Å². The molecule has 20 heteroatoms. The van der Waals surface area contributed by atoms with Gasteiger partial charge in [0.05, 0.1) is 33.6 Å². The molecule has 0 spiro atoms. The Balaban J connectivity index is 0.678. The molecular formula is C63H74FN11O7S. The quantitative estimate of drug-likeness (QED) is 0.0983. The van der Waals surface area contributed by atoms with E-state index < -0.39 is 35.7 Å². The number of pyridine rings is 1. The van der Waals surface area contributed by atoms with Gasteiger partial charge in [0.25, 0.3) is 0 Å². The molecule has 0 saturated carbocycles. The molecule has 7 aromatic rings. The van der Waals surface area contributed by atoms with Gasteiger partial charge in [-0.1, -0.05) is 99.4 Å². The highest BCUT2D eigenvalue weighted by Gasteiger charge is 2.52. The number of hydrogen-bond donors (Lipinski definition) is 2. The summed E-state index contributed by atoms with van der Waals surface area (Å²) in [5.74, 6) is -0.546. The van der Waals surface area contributed by atoms with Crippen LogP contribution in [0.15, 0.2) is 83.0 Å². The lowest BCUT2D eigenvalue weighted by atomic mass is 9.91. The van der Waals surface area contributed by atoms with Crippen LogP contribution in [0.25, 0.3) is 43.4 Å². The second kappa shape index (κ2) is 23.8. The molecule has 12 rings (SSSR count). The number of amides is 3. The first kappa shape index (κ1) is 56.2. The van der Waals surface area contributed by atoms with Crippen LogP contribution in [0.4, 0.5) is 20.8 Å². The maximum absolute atomic E-state index is 17.3. The summed E-state index contributed by atoms with van der Waals surface area (Å²) < 4.78 is 36.3. The number of β-amino-alcohol motifs (C(OH)–C–C–N with tert-alkyl or cyclic N) is 1. The van der Waals surface area contributed by atoms with E-state index in [-0.39, 0.29) is 66.6 Å². The summed E-state index contributed by atoms with van der Waals surface area (Å²) in [5.41, 5.74) is 6.33. The van der Waals surface area contributed by atoms with E-state index in [0.29, 0.717) is 55.4 Å². The Labute approximate surface area is 487 Å². The van der Waals surface area contributed by atoms with Gasteiger partial charge in [0, 0.05) is 95.5 Å². The second-order valence-corrected chi connectivity index (χ2v) is 24.4. The van der Waals surface area contributed by atoms with Gasteiger partial charge < -0.3 is 44.0 Å². The number of carbonyl (C=O) groups excluding carboxylic acids is 3. The third-order valence-corrected chi connectivity index (χ3v) is 18.9. The van der Waals surface area contributed by atoms with Crippen LogP contribution in [-0.4, -0.2) is 146 Å². The minimum absolute atomic E-state index is 0.0269. The zero-order valence-electron chi connectivity index (χ0n) is 48.1. The molecule has 5 saturated heterocycles. The minimum Gasteiger partial charge on any atom is -0.448 e. The van der Waals surface area contributed by atoms with E-state index in [9.17, 15) is 19.5 Å². The number of likely N-dealkylation sites (tertiary alicyclic amines) is 1. The van der Waals surface area contributed by atoms with E-state index in [0.717, 1.165) is 115 Å². The number of benzene rings is 3. The van der Waals surface area contributed by atoms with Crippen molar-refractivity contribution in [2.45, 2.75) is 135 Å². The van der Waals surface area contributed by atoms with E-state index in [1.165, 1.54) is 4.90 Å². The summed E-state index contributed by atoms with van der Waals surface area (Å²) in [4.78, 5) is 72.1. The predicted molar refractivity (Wildman–Crippen MR) is 317 cm³/mol. The number of halogens is 1. The fourth-order valence-corrected chi connectivity index (χ4v) is 14.3. The Morgan fingerprint density at radius 1 is 0.904 bits per heavy atom. The molecule has 5 fully saturated rings. The highest BCUT2D eigenvalue weighted by molar-refractivity contribution is 7.13. The molecule has 6 atom stereocenters. The maximum atomic E-state index is 17.3. The van der Waals surface area contributed by atoms with Gasteiger partial charge in [0.2, 0.25) is 11.8 Å². The molecule has 0 radical (unpaired) electrons. The smallest absolute Gasteiger partial charge is 0.409 e. The van der Waals surface area contributed by atoms with Crippen LogP contribution in [0.1, 0.15) is 120 Å². The highest BCUT2D eigenvalue weighted by atomic mass is 32.1. The van der Waals surface area contributed by atoms with Gasteiger partial charge >= 0.3 is 12.1 Å². The fourth-order valence-electron chi connectivity index (χ4n) is 13.5. The first-order valence-corrected chi connectivity index (χ1v) is 30.7. The van der Waals surface area contributed by atoms with Crippen molar-refractivity contribution in [2.75, 3.05) is 68.8 Å². The lowest BCUT2D eigenvalue weighted by molar-refractivity contribution is -0.141. The van der Waals surface area contributed by atoms with Gasteiger partial charge in [-0.05, 0) is 79.3 Å². The molecule has 18 nitrogen and oxygen atoms in total. The number of carbonyl (C=O) groups is 3. The van der Waals surface area contributed by atoms with Crippen LogP contribution in [0, 0.1) is 18.7 Å². The van der Waals surface area contributed by atoms with Gasteiger partial charge in [0.1, 0.15) is 35.6 Å². The number of thiazole rings is 1. The first-order chi connectivity index (χ1) is 40.3. The molecule has 0 bridgehead atoms. The molecular weight excluding hydrogens is 1070 g/mol. The molecule has 2 N–H and O–H groups in total. The van der Waals surface area contributed by atoms with E-state index in [4.69, 9.17) is 28.9 Å². The number of anilines is 2. The molecule has 0 unspecified atom stereocenters. The van der Waals surface area contributed by atoms with E-state index in [2.05, 4.69) is 50.4 Å². The molecule has 83 heavy (non-hydrogen) atoms. The Kier molecular flexibility index (Phi) is 16.1. The highest BCUT2D eigenvalue weighted by Crippen LogP contribution is 2.45. The van der Waals surface area contributed by atoms with Crippen LogP contribution in [0.5, 0.6) is 6.01 Å². The lowest BCUT2D eigenvalue weighted by Crippen LogP contribution is -2.51. The monoisotopic (exact) mass is 1150 g/mol. The van der Waals surface area contributed by atoms with E-state index in [1.54, 1.807) is 28.5 Å². The summed E-state index contributed by atoms with van der Waals surface area (Å²) in [5, 5.41) is 20.9. The standard InChI is InChI=1S/C63H74FN11O7S/c1-6-41-14-11-15-43-16-12-17-47(53(41)43)55-54(64)56-48(34-65-55)58(72-25-9-7-8-10-26-72)69-61(68-56)81-63-23-13-27-75(63)45(22-24-63)36-80-62(79)73-30-28-71(29-31-73)51-33-50(82-70-51)52(38(2)3)60(78)74-35-46(76)32-49(74)59(77)67-39(4)42-18-20-44(21-19-42)57-40(5)66-37-83-57/h11-12,14-21,33-34,37-39,45-46,49,52,76H,6-10,13,22-32,35-36H2,1-5H3,(H,67,77)/t39-,45+,46+,49-,52+,63+/m0/s1. The van der Waals surface area contributed by atoms with Crippen molar-refractivity contribution >= 4 is 62.6 Å². The summed E-state index contributed by atoms with van der Waals surface area (Å²) >= 11 is 1.58. The Morgan fingerprint density at radius 3 is 2.41 bits per heavy atom. The lowest BCUT2D eigenvalue weighted by Gasteiger charge is -2.36. The molecule has 3 aromatic carbocycles. The number of ether oxygens (including phenoxy) is 2. The van der Waals surface area contributed by atoms with Crippen LogP contribution in [0.2, 0.25) is 0 Å². The summed E-state index contributed by atoms with van der Waals surface area (Å²) in [7, 11) is 0. The van der Waals surface area contributed by atoms with Crippen molar-refractivity contribution < 1.29 is 37.9 Å². The van der Waals surface area contributed by atoms with Crippen molar-refractivity contribution in [1.82, 2.24) is 45.1 Å². The van der Waals surface area contributed by atoms with Crippen molar-refractivity contribution in [3.8, 4) is 27.7 Å². The SMILES string of the molecule is CCc1cccc2cccc(-c3ncc4c(N5CCCCCC5)nc(O[C@@]56CCCN5[C@@H](COC(=O)N5CCN(c7cc([C@H](C(=O)N8C[C@H](O)C[C@H]8C(=O)N[C@@H](C)c8ccc(-c9scnc9C)cc8)C(C)C)on7)CC5)CC6)nc4c3F)c12. The number of hydrogen-bond acceptors (Lipinski definition) is 16. The van der Waals surface area contributed by atoms with Crippen molar-refractivity contribution in [3.05, 3.63) is 107 Å². The van der Waals surface area contributed by atoms with Crippen LogP contribution < -0.4 is 19.9 Å². The number of aryl methyl sites for hydroxylation is 2. The number of aromatic nitrogens is 5. The number of nitrogens with zero attached hydrogens (tertiary/aromatic N) is 10. The Bertz CT molecular complexity index is 3500. The van der Waals surface area contributed by atoms with Crippen molar-refractivity contribution in [3.63, 3.8) is 0 Å². The summed E-state index contributed by atoms with van der Waals surface area (Å²) in [6.45, 7) is 14.1. The molecule has 5 aliphatic rings. The normalized spacial score (nSPS) is 22.1. The van der Waals surface area contributed by atoms with Gasteiger partial charge in [-0.2, -0.15) is 9.97 Å². The zero-order chi connectivity index (χ0) is 57.5. The summed E-state index contributed by atoms with van der Waals surface area (Å²) in [6, 6.07) is 20.8. The summed E-state index contributed by atoms with van der Waals surface area (Å²) in [6.07, 6.45) is 8.70. The Hall–Kier alpha value is -7.29. The van der Waals surface area contributed by atoms with Crippen LogP contribution >= 0.6 is 11.3 Å². The van der Waals surface area contributed by atoms with Crippen molar-refractivity contribution in [2.24, 2.45) is 5.92 Å². The number of nitrogens with one attached hydrogen (secondary N) is 1. The largest absolute Gasteiger partial charge is 0.448 e. The van der Waals surface area contributed by atoms with Crippen molar-refractivity contribution in [1.29, 1.82) is 0 Å². The molecule has 4 aromatic heterocycles. The average molecular weight is 1150 g/mol. The molecule has 436 valence electrons. The minimum atomic E-state index is -0.862. The Morgan fingerprint density at radius 2 is 1.67 bits per heavy atom. The number of aliphatic hydroxyl groups excluding tert-OH is 1. The van der Waals surface area contributed by atoms with Gasteiger partial charge in [-0.3, -0.25) is 19.5 Å². The molecule has 5 aliphatic heterocycles. The second-order valence-electron chi connectivity index (χ2n) is 23.5. The topological polar surface area (TPSA) is 196 Å². The third-order valence-electron chi connectivity index (χ3n) is 17.9. The van der Waals surface area contributed by atoms with Gasteiger partial charge in [-0.25, -0.2) is 14.2 Å². The molecule has 0 aliphatic carbocycles. The van der Waals surface area contributed by atoms with Gasteiger partial charge in [0.15, 0.2) is 23.1 Å². The first-order valence-electron chi connectivity index (χ1n) is 29.8. The number of aliphatic hydroxyl groups is 1. The molecule has 3 amide bonds. The number of piperazine rings is 1. The fraction of sp³-hybridized carbons (Fsp3) is 0.492. The molecule has 9 heterocycles. The van der Waals surface area contributed by atoms with Crippen LogP contribution in [-0.2, 0) is 20.7 Å².